The van der Waals surface area contributed by atoms with Gasteiger partial charge in [0, 0.05) is 59.8 Å². The largest absolute Gasteiger partial charge is 0.395 e. The Bertz CT molecular complexity index is 691. The zero-order valence-electron chi connectivity index (χ0n) is 22.8. The zero-order chi connectivity index (χ0) is 29.1. The number of hydrogen-bond donors (Lipinski definition) is 5. The molecule has 2 aromatic heterocycles. The molecule has 0 saturated heterocycles. The molecule has 2 aromatic rings. The van der Waals surface area contributed by atoms with Crippen LogP contribution < -0.4 is 21.7 Å². The lowest BCUT2D eigenvalue weighted by Crippen LogP contribution is -2.22. The molecule has 13 heteroatoms. The topological polar surface area (TPSA) is 152 Å². The molecule has 0 aliphatic heterocycles. The van der Waals surface area contributed by atoms with Gasteiger partial charge in [0.15, 0.2) is 0 Å². The summed E-state index contributed by atoms with van der Waals surface area (Å²) in [4.78, 5) is 9.34. The normalized spacial score (nSPS) is 9.27. The maximum absolute atomic E-state index is 12.2. The smallest absolute Gasteiger partial charge is 0.215 e. The lowest BCUT2D eigenvalue weighted by atomic mass is 10.4. The van der Waals surface area contributed by atoms with Crippen LogP contribution in [0.2, 0.25) is 0 Å². The van der Waals surface area contributed by atoms with Crippen molar-refractivity contribution in [2.45, 2.75) is 27.7 Å². The van der Waals surface area contributed by atoms with Crippen LogP contribution in [0.3, 0.4) is 0 Å². The summed E-state index contributed by atoms with van der Waals surface area (Å²) in [5, 5.41) is 19.5. The van der Waals surface area contributed by atoms with E-state index < -0.39 is 5.95 Å². The van der Waals surface area contributed by atoms with Crippen LogP contribution in [-0.4, -0.2) is 87.0 Å². The third-order valence-corrected chi connectivity index (χ3v) is 4.83. The number of hydrogen-bond acceptors (Lipinski definition) is 10. The number of aliphatic hydroxyl groups excluding tert-OH is 2. The van der Waals surface area contributed by atoms with Crippen molar-refractivity contribution in [3.63, 3.8) is 0 Å². The first-order chi connectivity index (χ1) is 17.6. The highest BCUT2D eigenvalue weighted by atomic mass is 127. The number of pyridine rings is 2. The van der Waals surface area contributed by atoms with Gasteiger partial charge in [-0.1, -0.05) is 0 Å². The number of nitrogens with one attached hydrogen (secondary N) is 1. The van der Waals surface area contributed by atoms with Gasteiger partial charge < -0.3 is 41.4 Å². The van der Waals surface area contributed by atoms with Gasteiger partial charge in [0.05, 0.1) is 13.2 Å². The van der Waals surface area contributed by atoms with Crippen molar-refractivity contribution in [1.29, 1.82) is 0 Å². The van der Waals surface area contributed by atoms with Crippen molar-refractivity contribution in [3.05, 3.63) is 37.4 Å². The van der Waals surface area contributed by atoms with Crippen molar-refractivity contribution in [2.75, 3.05) is 83.2 Å². The van der Waals surface area contributed by atoms with E-state index in [-0.39, 0.29) is 19.0 Å². The molecule has 0 atom stereocenters. The summed E-state index contributed by atoms with van der Waals surface area (Å²) in [7, 11) is 3.67. The van der Waals surface area contributed by atoms with Gasteiger partial charge in [-0.05, 0) is 98.1 Å². The number of aliphatic hydroxyl groups is 2. The molecule has 2 rings (SSSR count). The van der Waals surface area contributed by atoms with E-state index in [0.717, 1.165) is 39.4 Å². The standard InChI is InChI=1S/C8H12IN3O.C5H4FIN2.2C4H10O.C3H9NO/c1-12(2-3-13)8-5-6(9)4-7(10)11-8;6-4-1-3(7)2-5(8)9-4;2*1-3-5-4-2;1-4-2-3-5/h4-5,13H,2-3H2,1H3,(H2,10,11);1-2H,(H2,8,9);2*3-4H2,1-2H3;4-5H,2-3H2,1H3. The summed E-state index contributed by atoms with van der Waals surface area (Å²) >= 11 is 4.15. The average molecular weight is 754 g/mol. The molecule has 0 radical (unpaired) electrons. The van der Waals surface area contributed by atoms with Crippen LogP contribution in [-0.2, 0) is 9.47 Å². The third kappa shape index (κ3) is 29.3. The molecule has 0 amide bonds. The monoisotopic (exact) mass is 754 g/mol. The summed E-state index contributed by atoms with van der Waals surface area (Å²) in [5.74, 6) is 0.990. The minimum absolute atomic E-state index is 0.115. The van der Waals surface area contributed by atoms with Crippen LogP contribution in [0.5, 0.6) is 0 Å². The van der Waals surface area contributed by atoms with E-state index in [1.165, 1.54) is 6.07 Å². The summed E-state index contributed by atoms with van der Waals surface area (Å²) in [6.45, 7) is 12.9. The molecule has 0 aromatic carbocycles. The predicted molar refractivity (Wildman–Crippen MR) is 168 cm³/mol. The maximum atomic E-state index is 12.2. The minimum atomic E-state index is -0.528. The lowest BCUT2D eigenvalue weighted by molar-refractivity contribution is 0.162. The summed E-state index contributed by atoms with van der Waals surface area (Å²) in [6.07, 6.45) is 0. The molecule has 0 fully saturated rings. The highest BCUT2D eigenvalue weighted by Gasteiger charge is 2.03. The number of anilines is 3. The number of nitrogens with zero attached hydrogens (tertiary/aromatic N) is 3. The number of rotatable bonds is 9. The van der Waals surface area contributed by atoms with Crippen LogP contribution in [0.15, 0.2) is 24.3 Å². The summed E-state index contributed by atoms with van der Waals surface area (Å²) < 4.78 is 23.7. The van der Waals surface area contributed by atoms with Crippen LogP contribution in [0, 0.1) is 13.1 Å². The van der Waals surface area contributed by atoms with Crippen molar-refractivity contribution in [3.8, 4) is 0 Å². The molecule has 0 spiro atoms. The number of likely N-dealkylation sites (N-methyl/N-ethyl adjacent to an activating group) is 2. The Kier molecular flexibility index (Phi) is 32.1. The molecule has 0 aliphatic carbocycles. The molecule has 0 saturated carbocycles. The number of nitrogen functional groups attached to an aromatic ring is 2. The van der Waals surface area contributed by atoms with Gasteiger partial charge in [0.1, 0.15) is 17.5 Å². The van der Waals surface area contributed by atoms with Crippen molar-refractivity contribution >= 4 is 62.6 Å². The molecule has 10 nitrogen and oxygen atoms in total. The fourth-order valence-corrected chi connectivity index (χ4v) is 3.14. The minimum Gasteiger partial charge on any atom is -0.395 e. The van der Waals surface area contributed by atoms with E-state index in [1.54, 1.807) is 19.2 Å². The lowest BCUT2D eigenvalue weighted by Gasteiger charge is -2.17. The summed E-state index contributed by atoms with van der Waals surface area (Å²) in [5.41, 5.74) is 10.8. The fourth-order valence-electron chi connectivity index (χ4n) is 1.97. The number of halogens is 3. The Balaban J connectivity index is -0.000000421. The van der Waals surface area contributed by atoms with Crippen LogP contribution in [0.1, 0.15) is 27.7 Å². The van der Waals surface area contributed by atoms with Crippen LogP contribution >= 0.6 is 45.2 Å². The zero-order valence-corrected chi connectivity index (χ0v) is 27.1. The molecule has 0 unspecified atom stereocenters. The average Bonchev–Trinajstić information content (AvgIpc) is 2.81. The Morgan fingerprint density at radius 3 is 1.59 bits per heavy atom. The Morgan fingerprint density at radius 1 is 0.865 bits per heavy atom. The SMILES string of the molecule is CCOCC.CCOCC.CN(CCO)c1cc(I)cc(N)n1.CNCCO.Nc1cc(I)cc(F)n1. The number of ether oxygens (including phenoxy) is 2. The quantitative estimate of drug-likeness (QED) is 0.191. The first kappa shape index (κ1) is 40.4. The number of aromatic nitrogens is 2. The molecule has 7 N–H and O–H groups in total. The molecule has 37 heavy (non-hydrogen) atoms. The summed E-state index contributed by atoms with van der Waals surface area (Å²) in [6, 6.07) is 6.64. The molecule has 0 bridgehead atoms. The van der Waals surface area contributed by atoms with E-state index >= 15 is 0 Å². The molecule has 2 heterocycles. The van der Waals surface area contributed by atoms with Gasteiger partial charge >= 0.3 is 0 Å². The first-order valence-corrected chi connectivity index (χ1v) is 14.0. The van der Waals surface area contributed by atoms with Crippen LogP contribution in [0.4, 0.5) is 21.8 Å². The molecule has 216 valence electrons. The highest BCUT2D eigenvalue weighted by molar-refractivity contribution is 14.1. The van der Waals surface area contributed by atoms with Gasteiger partial charge in [-0.3, -0.25) is 0 Å². The third-order valence-electron chi connectivity index (χ3n) is 3.58. The highest BCUT2D eigenvalue weighted by Crippen LogP contribution is 2.16. The first-order valence-electron chi connectivity index (χ1n) is 11.8. The fraction of sp³-hybridized carbons (Fsp3) is 0.583. The number of nitrogens with two attached hydrogens (primary N) is 2. The van der Waals surface area contributed by atoms with E-state index in [9.17, 15) is 4.39 Å². The van der Waals surface area contributed by atoms with Gasteiger partial charge in [-0.25, -0.2) is 9.97 Å². The second kappa shape index (κ2) is 29.4. The van der Waals surface area contributed by atoms with Crippen molar-refractivity contribution in [2.24, 2.45) is 0 Å². The Hall–Kier alpha value is -1.11. The van der Waals surface area contributed by atoms with E-state index in [4.69, 9.17) is 31.2 Å². The molecular weight excluding hydrogens is 709 g/mol. The Labute approximate surface area is 249 Å². The second-order valence-electron chi connectivity index (χ2n) is 6.64. The van der Waals surface area contributed by atoms with E-state index in [0.29, 0.717) is 18.9 Å². The van der Waals surface area contributed by atoms with Gasteiger partial charge in [-0.15, -0.1) is 0 Å². The molecule has 0 aliphatic rings. The van der Waals surface area contributed by atoms with Gasteiger partial charge in [0.25, 0.3) is 0 Å². The van der Waals surface area contributed by atoms with Crippen LogP contribution in [0.25, 0.3) is 0 Å². The molecular formula is C24H45FI2N6O4. The van der Waals surface area contributed by atoms with Crippen molar-refractivity contribution in [1.82, 2.24) is 15.3 Å². The van der Waals surface area contributed by atoms with Gasteiger partial charge in [0.2, 0.25) is 5.95 Å². The van der Waals surface area contributed by atoms with Crippen molar-refractivity contribution < 1.29 is 24.1 Å². The van der Waals surface area contributed by atoms with Gasteiger partial charge in [-0.2, -0.15) is 4.39 Å². The van der Waals surface area contributed by atoms with E-state index in [1.807, 2.05) is 68.3 Å². The predicted octanol–water partition coefficient (Wildman–Crippen LogP) is 3.39. The van der Waals surface area contributed by atoms with E-state index in [2.05, 4.69) is 37.9 Å². The Morgan fingerprint density at radius 2 is 1.32 bits per heavy atom. The maximum Gasteiger partial charge on any atom is 0.215 e. The second-order valence-corrected chi connectivity index (χ2v) is 9.13.